The number of halogens is 5. The summed E-state index contributed by atoms with van der Waals surface area (Å²) in [5, 5.41) is 0.554. The zero-order valence-electron chi connectivity index (χ0n) is 31.5. The van der Waals surface area contributed by atoms with Gasteiger partial charge in [-0.2, -0.15) is 0 Å². The summed E-state index contributed by atoms with van der Waals surface area (Å²) >= 11 is 18.0. The molecule has 4 heterocycles. The molecule has 2 aromatic carbocycles. The van der Waals surface area contributed by atoms with E-state index in [1.54, 1.807) is 54.0 Å². The first-order valence-corrected chi connectivity index (χ1v) is 28.7. The maximum absolute atomic E-state index is 14.5. The van der Waals surface area contributed by atoms with Gasteiger partial charge < -0.3 is 19.5 Å². The zero-order chi connectivity index (χ0) is 43.0. The summed E-state index contributed by atoms with van der Waals surface area (Å²) in [7, 11) is 0.628. The van der Waals surface area contributed by atoms with Crippen LogP contribution >= 0.6 is 87.0 Å². The van der Waals surface area contributed by atoms with Crippen molar-refractivity contribution >= 4 is 149 Å². The van der Waals surface area contributed by atoms with Gasteiger partial charge in [-0.1, -0.05) is 20.6 Å². The van der Waals surface area contributed by atoms with E-state index in [0.29, 0.717) is 83.5 Å². The van der Waals surface area contributed by atoms with Gasteiger partial charge in [0.05, 0.1) is 16.9 Å². The first-order valence-electron chi connectivity index (χ1n) is 17.8. The fourth-order valence-electron chi connectivity index (χ4n) is 7.55. The van der Waals surface area contributed by atoms with E-state index in [4.69, 9.17) is 37.6 Å². The van der Waals surface area contributed by atoms with Crippen LogP contribution in [0.1, 0.15) is 74.4 Å². The number of nitrogens with zero attached hydrogens (tertiary/aromatic N) is 8. The van der Waals surface area contributed by atoms with Crippen LogP contribution in [0.2, 0.25) is 0 Å². The molecule has 2 aliphatic heterocycles. The standard InChI is InChI=1S/C21H17FN4O2S.C19H14FIN4OS.CH4.2HI.V/c1-12-9-15(11-24-18(12)23-3)25-19(28)21(7-4-8-21)26(20(25)29)14-5-6-16(13(2)27)17(22)10-14;1-11-8-13(10-23-16(11)22-2)24-17(26)19(6-3-7-19)25(18(24)27)12-4-5-15(21)14(20)9-12;;;;/h5-6,9-11H,4,7-8H2,1-2H3;4-5,8-10H,3,6-7H2,1H3;1H4;2*1H;/q;;;;;+2/p-2. The van der Waals surface area contributed by atoms with Crippen molar-refractivity contribution < 1.29 is 32.6 Å². The van der Waals surface area contributed by atoms with E-state index in [9.17, 15) is 23.2 Å². The second kappa shape index (κ2) is 19.4. The number of aryl methyl sites for hydroxylation is 2. The van der Waals surface area contributed by atoms with Gasteiger partial charge in [0.25, 0.3) is 23.5 Å². The Balaban J connectivity index is 0.000000211. The molecule has 4 aliphatic rings. The Labute approximate surface area is 400 Å². The van der Waals surface area contributed by atoms with Gasteiger partial charge in [-0.05, 0) is 166 Å². The van der Waals surface area contributed by atoms with E-state index in [1.165, 1.54) is 47.3 Å². The Kier molecular flexibility index (Phi) is 15.5. The second-order valence-electron chi connectivity index (χ2n) is 14.1. The number of carbonyl (C=O) groups is 3. The second-order valence-corrected chi connectivity index (χ2v) is 27.7. The molecule has 11 nitrogen and oxygen atoms in total. The molecule has 2 aliphatic carbocycles. The fourth-order valence-corrected chi connectivity index (χ4v) is 8.83. The summed E-state index contributed by atoms with van der Waals surface area (Å²) in [5.74, 6) is -1.08. The molecule has 2 spiro atoms. The normalized spacial score (nSPS) is 16.8. The quantitative estimate of drug-likeness (QED) is 0.0837. The number of aromatic nitrogens is 2. The summed E-state index contributed by atoms with van der Waals surface area (Å²) < 4.78 is 29.2. The average molecular weight is 1220 g/mol. The molecule has 2 amide bonds. The van der Waals surface area contributed by atoms with Crippen LogP contribution in [-0.4, -0.2) is 48.9 Å². The van der Waals surface area contributed by atoms with Crippen LogP contribution in [0.3, 0.4) is 0 Å². The zero-order valence-corrected chi connectivity index (χ0v) is 41.0. The summed E-state index contributed by atoms with van der Waals surface area (Å²) in [6.45, 7) is 19.1. The fraction of sp³-hybridized carbons (Fsp3) is 0.293. The molecule has 0 unspecified atom stereocenters. The SMILES string of the molecule is C.[C-]#[N+]c1ncc(N2C(=O)C3(CCC3)N(c3ccc(C(C)=O)c(F)c3)C2=S)cc1C.[C-]#[N+]c1ncc(N2C(=O)C3(CCC3)N(c3ccc(I)c(F)c3)C2=S)cc1C.[I][V][I]. The third-order valence-electron chi connectivity index (χ3n) is 10.7. The Morgan fingerprint density at radius 3 is 1.47 bits per heavy atom. The summed E-state index contributed by atoms with van der Waals surface area (Å²) in [4.78, 5) is 59.6. The van der Waals surface area contributed by atoms with Crippen molar-refractivity contribution in [3.05, 3.63) is 116 Å². The third-order valence-corrected chi connectivity index (χ3v) is 12.3. The van der Waals surface area contributed by atoms with E-state index in [1.807, 2.05) is 22.6 Å². The Bertz CT molecular complexity index is 2530. The van der Waals surface area contributed by atoms with Crippen LogP contribution in [-0.2, 0) is 19.1 Å². The monoisotopic (exact) mass is 1220 g/mol. The molecule has 0 radical (unpaired) electrons. The molecule has 4 aromatic rings. The molecular formula is C41H35F2I3N8O3S2V. The predicted molar refractivity (Wildman–Crippen MR) is 259 cm³/mol. The van der Waals surface area contributed by atoms with Gasteiger partial charge in [0, 0.05) is 14.9 Å². The molecule has 19 heteroatoms. The maximum atomic E-state index is 14.5. The van der Waals surface area contributed by atoms with Gasteiger partial charge in [0.2, 0.25) is 0 Å². The van der Waals surface area contributed by atoms with Crippen molar-refractivity contribution in [2.75, 3.05) is 19.6 Å². The average Bonchev–Trinajstić information content (AvgIpc) is 3.55. The minimum atomic E-state index is -0.854. The molecule has 60 heavy (non-hydrogen) atoms. The Morgan fingerprint density at radius 1 is 0.750 bits per heavy atom. The third kappa shape index (κ3) is 8.46. The van der Waals surface area contributed by atoms with Crippen molar-refractivity contribution in [3.63, 3.8) is 0 Å². The summed E-state index contributed by atoms with van der Waals surface area (Å²) in [5.41, 5.74) is 1.75. The number of anilines is 4. The molecule has 4 fully saturated rings. The topological polar surface area (TPSA) is 98.7 Å². The van der Waals surface area contributed by atoms with Gasteiger partial charge in [-0.3, -0.25) is 24.2 Å². The van der Waals surface area contributed by atoms with Crippen molar-refractivity contribution in [2.45, 2.75) is 77.8 Å². The van der Waals surface area contributed by atoms with E-state index in [2.05, 4.69) is 59.6 Å². The molecule has 8 rings (SSSR count). The first-order chi connectivity index (χ1) is 28.1. The van der Waals surface area contributed by atoms with Gasteiger partial charge in [0.1, 0.15) is 35.1 Å². The Morgan fingerprint density at radius 2 is 1.15 bits per heavy atom. The number of benzene rings is 2. The molecule has 0 N–H and O–H groups in total. The van der Waals surface area contributed by atoms with Crippen molar-refractivity contribution in [1.82, 2.24) is 9.97 Å². The number of amides is 2. The van der Waals surface area contributed by atoms with Crippen LogP contribution < -0.4 is 19.6 Å². The molecule has 309 valence electrons. The van der Waals surface area contributed by atoms with Crippen LogP contribution in [0.25, 0.3) is 9.69 Å². The van der Waals surface area contributed by atoms with E-state index < -0.39 is 16.9 Å². The molecule has 0 bridgehead atoms. The Hall–Kier alpha value is -3.26. The number of rotatable bonds is 5. The van der Waals surface area contributed by atoms with Crippen molar-refractivity contribution in [2.24, 2.45) is 0 Å². The van der Waals surface area contributed by atoms with Crippen LogP contribution in [0.5, 0.6) is 0 Å². The van der Waals surface area contributed by atoms with Crippen LogP contribution in [0.15, 0.2) is 60.9 Å². The summed E-state index contributed by atoms with van der Waals surface area (Å²) in [6, 6.07) is 12.7. The van der Waals surface area contributed by atoms with Crippen molar-refractivity contribution in [3.8, 4) is 0 Å². The van der Waals surface area contributed by atoms with Crippen LogP contribution in [0.4, 0.5) is 43.2 Å². The van der Waals surface area contributed by atoms with Crippen molar-refractivity contribution in [1.29, 1.82) is 0 Å². The predicted octanol–water partition coefficient (Wildman–Crippen LogP) is 11.5. The van der Waals surface area contributed by atoms with E-state index in [-0.39, 0.29) is 47.3 Å². The number of hydrogen-bond donors (Lipinski definition) is 0. The molecule has 2 saturated heterocycles. The van der Waals surface area contributed by atoms with Gasteiger partial charge in [-0.15, -0.1) is 9.97 Å². The molecule has 0 atom stereocenters. The molecule has 2 saturated carbocycles. The van der Waals surface area contributed by atoms with Gasteiger partial charge in [0.15, 0.2) is 16.0 Å². The van der Waals surface area contributed by atoms with E-state index >= 15 is 0 Å². The first kappa shape index (κ1) is 47.8. The van der Waals surface area contributed by atoms with Gasteiger partial charge >= 0.3 is 49.4 Å². The van der Waals surface area contributed by atoms with Gasteiger partial charge in [-0.25, -0.2) is 8.78 Å². The molecular weight excluding hydrogens is 1190 g/mol. The number of pyridine rings is 2. The number of ketones is 1. The number of thiocarbonyl (C=S) groups is 2. The van der Waals surface area contributed by atoms with Crippen LogP contribution in [0, 0.1) is 42.2 Å². The number of carbonyl (C=O) groups excluding carboxylic acids is 3. The minimum absolute atomic E-state index is 0. The summed E-state index contributed by atoms with van der Waals surface area (Å²) in [6.07, 6.45) is 7.27. The van der Waals surface area contributed by atoms with E-state index in [0.717, 1.165) is 12.8 Å². The number of Topliss-reactive ketones (excluding diaryl/α,β-unsaturated/α-hetero) is 1. The molecule has 2 aromatic heterocycles. The number of hydrogen-bond acceptors (Lipinski definition) is 7.